The molecule has 0 aromatic rings. The Bertz CT molecular complexity index is 273. The number of nitrogens with one attached hydrogen (secondary N) is 1. The number of nitrogens with zero attached hydrogens (tertiary/aromatic N) is 1. The topological polar surface area (TPSA) is 41.6 Å². The third-order valence-electron chi connectivity index (χ3n) is 3.86. The summed E-state index contributed by atoms with van der Waals surface area (Å²) in [6, 6.07) is 0.812. The Morgan fingerprint density at radius 3 is 2.53 bits per heavy atom. The number of ether oxygens (including phenoxy) is 1. The Hall–Kier alpha value is -0.320. The summed E-state index contributed by atoms with van der Waals surface area (Å²) < 4.78 is 5.67. The minimum absolute atomic E-state index is 0. The summed E-state index contributed by atoms with van der Waals surface area (Å²) in [4.78, 5) is 14.2. The predicted octanol–water partition coefficient (Wildman–Crippen LogP) is 1.97. The molecule has 4 nitrogen and oxygen atoms in total. The van der Waals surface area contributed by atoms with Gasteiger partial charge >= 0.3 is 0 Å². The molecule has 19 heavy (non-hydrogen) atoms. The number of halogens is 1. The molecule has 112 valence electrons. The molecule has 3 unspecified atom stereocenters. The lowest BCUT2D eigenvalue weighted by Gasteiger charge is -2.36. The highest BCUT2D eigenvalue weighted by Gasteiger charge is 2.25. The van der Waals surface area contributed by atoms with Gasteiger partial charge in [0.1, 0.15) is 0 Å². The quantitative estimate of drug-likeness (QED) is 0.864. The van der Waals surface area contributed by atoms with Crippen LogP contribution in [0.5, 0.6) is 0 Å². The zero-order valence-electron chi connectivity index (χ0n) is 12.1. The molecule has 3 atom stereocenters. The number of rotatable bonds is 3. The van der Waals surface area contributed by atoms with Gasteiger partial charge in [0.05, 0.1) is 6.10 Å². The maximum absolute atomic E-state index is 12.2. The molecule has 1 N–H and O–H groups in total. The van der Waals surface area contributed by atoms with Crippen molar-refractivity contribution in [3.8, 4) is 0 Å². The van der Waals surface area contributed by atoms with Crippen molar-refractivity contribution in [2.24, 2.45) is 0 Å². The number of amides is 1. The van der Waals surface area contributed by atoms with E-state index in [1.807, 2.05) is 4.90 Å². The van der Waals surface area contributed by atoms with Crippen molar-refractivity contribution in [3.63, 3.8) is 0 Å². The Labute approximate surface area is 122 Å². The molecule has 0 spiro atoms. The molecule has 0 saturated carbocycles. The van der Waals surface area contributed by atoms with Crippen LogP contribution in [-0.4, -0.2) is 48.7 Å². The van der Waals surface area contributed by atoms with Gasteiger partial charge in [-0.3, -0.25) is 4.79 Å². The highest BCUT2D eigenvalue weighted by molar-refractivity contribution is 5.85. The number of piperazine rings is 1. The molecular weight excluding hydrogens is 264 g/mol. The fraction of sp³-hybridized carbons (Fsp3) is 0.929. The van der Waals surface area contributed by atoms with Gasteiger partial charge in [-0.15, -0.1) is 12.4 Å². The first-order valence-corrected chi connectivity index (χ1v) is 7.30. The van der Waals surface area contributed by atoms with Crippen molar-refractivity contribution in [2.45, 2.75) is 64.1 Å². The van der Waals surface area contributed by atoms with Crippen LogP contribution in [0.2, 0.25) is 0 Å². The van der Waals surface area contributed by atoms with E-state index in [0.717, 1.165) is 32.5 Å². The monoisotopic (exact) mass is 290 g/mol. The minimum atomic E-state index is 0. The standard InChI is InChI=1S/C14H26N2O2.ClH/c1-11-9-16(10-12(2)15-11)14(17)7-6-13-5-3-4-8-18-13;/h11-13,15H,3-10H2,1-2H3;1H. The third kappa shape index (κ3) is 5.28. The molecule has 2 aliphatic heterocycles. The van der Waals surface area contributed by atoms with E-state index >= 15 is 0 Å². The van der Waals surface area contributed by atoms with Gasteiger partial charge in [-0.25, -0.2) is 0 Å². The first-order valence-electron chi connectivity index (χ1n) is 7.30. The second-order valence-corrected chi connectivity index (χ2v) is 5.79. The van der Waals surface area contributed by atoms with Gasteiger partial charge in [0, 0.05) is 38.2 Å². The van der Waals surface area contributed by atoms with Crippen LogP contribution in [0.15, 0.2) is 0 Å². The van der Waals surface area contributed by atoms with E-state index in [-0.39, 0.29) is 12.4 Å². The molecule has 0 bridgehead atoms. The highest BCUT2D eigenvalue weighted by Crippen LogP contribution is 2.18. The van der Waals surface area contributed by atoms with Crippen molar-refractivity contribution in [1.82, 2.24) is 10.2 Å². The van der Waals surface area contributed by atoms with Gasteiger partial charge in [0.2, 0.25) is 5.91 Å². The summed E-state index contributed by atoms with van der Waals surface area (Å²) in [6.07, 6.45) is 5.41. The molecule has 0 aromatic heterocycles. The third-order valence-corrected chi connectivity index (χ3v) is 3.86. The summed E-state index contributed by atoms with van der Waals surface area (Å²) in [7, 11) is 0. The summed E-state index contributed by atoms with van der Waals surface area (Å²) in [5.74, 6) is 0.296. The van der Waals surface area contributed by atoms with Crippen LogP contribution in [-0.2, 0) is 9.53 Å². The molecule has 2 heterocycles. The van der Waals surface area contributed by atoms with Crippen molar-refractivity contribution >= 4 is 18.3 Å². The van der Waals surface area contributed by atoms with Crippen molar-refractivity contribution in [3.05, 3.63) is 0 Å². The summed E-state index contributed by atoms with van der Waals surface area (Å²) in [6.45, 7) is 6.84. The number of carbonyl (C=O) groups is 1. The molecule has 0 radical (unpaired) electrons. The van der Waals surface area contributed by atoms with Gasteiger partial charge in [0.25, 0.3) is 0 Å². The first-order chi connectivity index (χ1) is 8.65. The maximum atomic E-state index is 12.2. The molecule has 2 saturated heterocycles. The zero-order chi connectivity index (χ0) is 13.0. The van der Waals surface area contributed by atoms with Crippen LogP contribution in [0.4, 0.5) is 0 Å². The Morgan fingerprint density at radius 1 is 1.26 bits per heavy atom. The van der Waals surface area contributed by atoms with E-state index in [1.54, 1.807) is 0 Å². The Kier molecular flexibility index (Phi) is 7.11. The van der Waals surface area contributed by atoms with Gasteiger partial charge in [-0.1, -0.05) is 0 Å². The second-order valence-electron chi connectivity index (χ2n) is 5.79. The first kappa shape index (κ1) is 16.7. The van der Waals surface area contributed by atoms with Gasteiger partial charge in [-0.2, -0.15) is 0 Å². The average Bonchev–Trinajstić information content (AvgIpc) is 2.36. The summed E-state index contributed by atoms with van der Waals surface area (Å²) in [5.41, 5.74) is 0. The zero-order valence-corrected chi connectivity index (χ0v) is 12.9. The van der Waals surface area contributed by atoms with E-state index < -0.39 is 0 Å². The van der Waals surface area contributed by atoms with Crippen molar-refractivity contribution < 1.29 is 9.53 Å². The molecular formula is C14H27ClN2O2. The van der Waals surface area contributed by atoms with Crippen LogP contribution in [0.1, 0.15) is 46.0 Å². The SMILES string of the molecule is CC1CN(C(=O)CCC2CCCCO2)CC(C)N1.Cl. The number of hydrogen-bond acceptors (Lipinski definition) is 3. The number of hydrogen-bond donors (Lipinski definition) is 1. The Morgan fingerprint density at radius 2 is 1.95 bits per heavy atom. The van der Waals surface area contributed by atoms with Crippen LogP contribution >= 0.6 is 12.4 Å². The van der Waals surface area contributed by atoms with Gasteiger partial charge in [-0.05, 0) is 39.5 Å². The minimum Gasteiger partial charge on any atom is -0.378 e. The smallest absolute Gasteiger partial charge is 0.222 e. The van der Waals surface area contributed by atoms with E-state index in [0.29, 0.717) is 30.5 Å². The van der Waals surface area contributed by atoms with Crippen molar-refractivity contribution in [2.75, 3.05) is 19.7 Å². The highest BCUT2D eigenvalue weighted by atomic mass is 35.5. The van der Waals surface area contributed by atoms with E-state index in [9.17, 15) is 4.79 Å². The van der Waals surface area contributed by atoms with Crippen LogP contribution in [0, 0.1) is 0 Å². The van der Waals surface area contributed by atoms with Crippen LogP contribution in [0.25, 0.3) is 0 Å². The van der Waals surface area contributed by atoms with Gasteiger partial charge in [0.15, 0.2) is 0 Å². The molecule has 1 amide bonds. The summed E-state index contributed by atoms with van der Waals surface area (Å²) in [5, 5.41) is 3.45. The fourth-order valence-electron chi connectivity index (χ4n) is 3.01. The lowest BCUT2D eigenvalue weighted by Crippen LogP contribution is -2.55. The van der Waals surface area contributed by atoms with Gasteiger partial charge < -0.3 is 15.0 Å². The van der Waals surface area contributed by atoms with E-state index in [2.05, 4.69) is 19.2 Å². The molecule has 2 aliphatic rings. The Balaban J connectivity index is 0.00000180. The van der Waals surface area contributed by atoms with E-state index in [1.165, 1.54) is 12.8 Å². The van der Waals surface area contributed by atoms with Crippen molar-refractivity contribution in [1.29, 1.82) is 0 Å². The molecule has 0 aromatic carbocycles. The summed E-state index contributed by atoms with van der Waals surface area (Å²) >= 11 is 0. The molecule has 0 aliphatic carbocycles. The molecule has 5 heteroatoms. The van der Waals surface area contributed by atoms with Crippen LogP contribution in [0.3, 0.4) is 0 Å². The molecule has 2 fully saturated rings. The average molecular weight is 291 g/mol. The largest absolute Gasteiger partial charge is 0.378 e. The lowest BCUT2D eigenvalue weighted by molar-refractivity contribution is -0.134. The predicted molar refractivity (Wildman–Crippen MR) is 78.7 cm³/mol. The number of carbonyl (C=O) groups excluding carboxylic acids is 1. The molecule has 2 rings (SSSR count). The second kappa shape index (κ2) is 8.08. The van der Waals surface area contributed by atoms with E-state index in [4.69, 9.17) is 4.74 Å². The fourth-order valence-corrected chi connectivity index (χ4v) is 3.01. The maximum Gasteiger partial charge on any atom is 0.222 e. The lowest BCUT2D eigenvalue weighted by atomic mass is 10.0. The van der Waals surface area contributed by atoms with Crippen LogP contribution < -0.4 is 5.32 Å². The normalized spacial score (nSPS) is 31.7.